The normalized spacial score (nSPS) is 11.5. The second-order valence-electron chi connectivity index (χ2n) is 12.8. The van der Waals surface area contributed by atoms with Crippen molar-refractivity contribution in [1.82, 2.24) is 15.0 Å². The molecule has 0 unspecified atom stereocenters. The van der Waals surface area contributed by atoms with Crippen LogP contribution in [0.4, 0.5) is 0 Å². The monoisotopic (exact) mass is 667 g/mol. The summed E-state index contributed by atoms with van der Waals surface area (Å²) < 4.78 is 2.47. The molecule has 0 radical (unpaired) electrons. The molecule has 0 atom stereocenters. The lowest BCUT2D eigenvalue weighted by molar-refractivity contribution is 1.08. The van der Waals surface area contributed by atoms with Crippen LogP contribution in [0.15, 0.2) is 176 Å². The average Bonchev–Trinajstić information content (AvgIpc) is 3.58. The van der Waals surface area contributed by atoms with Crippen molar-refractivity contribution >= 4 is 53.1 Å². The Labute approximate surface area is 299 Å². The second-order valence-corrected chi connectivity index (χ2v) is 13.9. The van der Waals surface area contributed by atoms with E-state index in [9.17, 15) is 0 Å². The van der Waals surface area contributed by atoms with Crippen LogP contribution in [0.1, 0.15) is 0 Å². The Bertz CT molecular complexity index is 2910. The van der Waals surface area contributed by atoms with Crippen LogP contribution in [0, 0.1) is 0 Å². The van der Waals surface area contributed by atoms with E-state index >= 15 is 0 Å². The number of hydrogen-bond acceptors (Lipinski definition) is 4. The van der Waals surface area contributed by atoms with Crippen molar-refractivity contribution < 1.29 is 0 Å². The summed E-state index contributed by atoms with van der Waals surface area (Å²) in [6.07, 6.45) is 0. The van der Waals surface area contributed by atoms with Crippen molar-refractivity contribution in [2.75, 3.05) is 0 Å². The van der Waals surface area contributed by atoms with Gasteiger partial charge in [-0.2, -0.15) is 0 Å². The molecule has 0 amide bonds. The molecule has 10 rings (SSSR count). The zero-order valence-corrected chi connectivity index (χ0v) is 28.3. The first-order valence-electron chi connectivity index (χ1n) is 17.1. The predicted octanol–water partition coefficient (Wildman–Crippen LogP) is 12.9. The maximum Gasteiger partial charge on any atom is 0.165 e. The molecule has 51 heavy (non-hydrogen) atoms. The first-order valence-corrected chi connectivity index (χ1v) is 17.9. The molecule has 0 saturated carbocycles. The summed E-state index contributed by atoms with van der Waals surface area (Å²) in [5.41, 5.74) is 7.59. The minimum atomic E-state index is 0.643. The highest BCUT2D eigenvalue weighted by molar-refractivity contribution is 7.26. The van der Waals surface area contributed by atoms with E-state index in [2.05, 4.69) is 158 Å². The van der Waals surface area contributed by atoms with Crippen LogP contribution >= 0.6 is 11.3 Å². The molecule has 2 aromatic heterocycles. The Hall–Kier alpha value is -6.49. The fourth-order valence-corrected chi connectivity index (χ4v) is 8.45. The SMILES string of the molecule is c1ccc(-c2cc(-c3cccc(-c4nc(-c5ccccc5)nc(-c5c6ccccc6cc6sc7ccccc7c56)n4)c3)c3ccccc3c2)cc1. The summed E-state index contributed by atoms with van der Waals surface area (Å²) in [7, 11) is 0. The maximum atomic E-state index is 5.33. The number of nitrogens with zero attached hydrogens (tertiary/aromatic N) is 3. The van der Waals surface area contributed by atoms with Gasteiger partial charge in [-0.15, -0.1) is 11.3 Å². The van der Waals surface area contributed by atoms with Crippen LogP contribution in [0.2, 0.25) is 0 Å². The fourth-order valence-electron chi connectivity index (χ4n) is 7.29. The van der Waals surface area contributed by atoms with Gasteiger partial charge < -0.3 is 0 Å². The molecule has 0 bridgehead atoms. The molecule has 4 heteroatoms. The molecule has 0 aliphatic rings. The minimum Gasteiger partial charge on any atom is -0.208 e. The molecule has 3 nitrogen and oxygen atoms in total. The van der Waals surface area contributed by atoms with Gasteiger partial charge >= 0.3 is 0 Å². The molecular formula is C47H29N3S. The Morgan fingerprint density at radius 3 is 1.69 bits per heavy atom. The predicted molar refractivity (Wildman–Crippen MR) is 215 cm³/mol. The largest absolute Gasteiger partial charge is 0.208 e. The fraction of sp³-hybridized carbons (Fsp3) is 0. The summed E-state index contributed by atoms with van der Waals surface area (Å²) in [5.74, 6) is 1.97. The smallest absolute Gasteiger partial charge is 0.165 e. The number of thiophene rings is 1. The molecule has 0 fully saturated rings. The molecule has 238 valence electrons. The molecule has 10 aromatic rings. The summed E-state index contributed by atoms with van der Waals surface area (Å²) in [6, 6.07) is 62.2. The molecule has 8 aromatic carbocycles. The van der Waals surface area contributed by atoms with Gasteiger partial charge in [-0.1, -0.05) is 146 Å². The van der Waals surface area contributed by atoms with E-state index in [-0.39, 0.29) is 0 Å². The van der Waals surface area contributed by atoms with Gasteiger partial charge in [-0.3, -0.25) is 0 Å². The van der Waals surface area contributed by atoms with Gasteiger partial charge in [0.2, 0.25) is 0 Å². The van der Waals surface area contributed by atoms with Crippen LogP contribution in [0.3, 0.4) is 0 Å². The number of hydrogen-bond donors (Lipinski definition) is 0. The van der Waals surface area contributed by atoms with Crippen molar-refractivity contribution in [1.29, 1.82) is 0 Å². The van der Waals surface area contributed by atoms with Crippen LogP contribution < -0.4 is 0 Å². The van der Waals surface area contributed by atoms with Gasteiger partial charge in [-0.25, -0.2) is 15.0 Å². The van der Waals surface area contributed by atoms with Crippen molar-refractivity contribution in [3.05, 3.63) is 176 Å². The van der Waals surface area contributed by atoms with E-state index in [1.54, 1.807) is 0 Å². The number of aromatic nitrogens is 3. The average molecular weight is 668 g/mol. The zero-order valence-electron chi connectivity index (χ0n) is 27.5. The summed E-state index contributed by atoms with van der Waals surface area (Å²) in [6.45, 7) is 0. The summed E-state index contributed by atoms with van der Waals surface area (Å²) >= 11 is 1.82. The van der Waals surface area contributed by atoms with Crippen LogP contribution in [-0.2, 0) is 0 Å². The summed E-state index contributed by atoms with van der Waals surface area (Å²) in [4.78, 5) is 15.7. The van der Waals surface area contributed by atoms with E-state index in [1.165, 1.54) is 53.0 Å². The molecule has 0 spiro atoms. The third-order valence-electron chi connectivity index (χ3n) is 9.68. The van der Waals surface area contributed by atoms with E-state index in [1.807, 2.05) is 29.5 Å². The van der Waals surface area contributed by atoms with Gasteiger partial charge in [-0.05, 0) is 74.1 Å². The highest BCUT2D eigenvalue weighted by Crippen LogP contribution is 2.44. The highest BCUT2D eigenvalue weighted by atomic mass is 32.1. The van der Waals surface area contributed by atoms with Crippen molar-refractivity contribution in [2.45, 2.75) is 0 Å². The second kappa shape index (κ2) is 12.1. The number of rotatable bonds is 5. The van der Waals surface area contributed by atoms with Gasteiger partial charge in [0.05, 0.1) is 0 Å². The van der Waals surface area contributed by atoms with Crippen molar-refractivity contribution in [3.8, 4) is 56.4 Å². The third-order valence-corrected chi connectivity index (χ3v) is 10.8. The topological polar surface area (TPSA) is 38.7 Å². The van der Waals surface area contributed by atoms with Crippen molar-refractivity contribution in [3.63, 3.8) is 0 Å². The lowest BCUT2D eigenvalue weighted by atomic mass is 9.92. The standard InChI is InChI=1S/C47H29N3S/c1-3-14-30(15-4-1)36-27-32-18-7-9-22-37(32)40(28-36)33-20-13-21-35(26-33)46-48-45(31-16-5-2-6-17-31)49-47(50-46)44-38-23-10-8-19-34(38)29-42-43(44)39-24-11-12-25-41(39)51-42/h1-29H. The molecular weight excluding hydrogens is 639 g/mol. The van der Waals surface area contributed by atoms with E-state index in [4.69, 9.17) is 15.0 Å². The first-order chi connectivity index (χ1) is 25.3. The van der Waals surface area contributed by atoms with Crippen LogP contribution in [0.25, 0.3) is 98.1 Å². The van der Waals surface area contributed by atoms with Crippen LogP contribution in [0.5, 0.6) is 0 Å². The molecule has 0 saturated heterocycles. The quantitative estimate of drug-likeness (QED) is 0.183. The van der Waals surface area contributed by atoms with Gasteiger partial charge in [0.25, 0.3) is 0 Å². The maximum absolute atomic E-state index is 5.33. The Morgan fingerprint density at radius 1 is 0.333 bits per heavy atom. The number of benzene rings is 8. The minimum absolute atomic E-state index is 0.643. The van der Waals surface area contributed by atoms with E-state index < -0.39 is 0 Å². The number of fused-ring (bicyclic) bond motifs is 5. The third kappa shape index (κ3) is 5.16. The molecule has 0 N–H and O–H groups in total. The molecule has 0 aliphatic carbocycles. The molecule has 2 heterocycles. The zero-order chi connectivity index (χ0) is 33.7. The van der Waals surface area contributed by atoms with Gasteiger partial charge in [0.15, 0.2) is 17.5 Å². The lowest BCUT2D eigenvalue weighted by Gasteiger charge is -2.14. The Balaban J connectivity index is 1.22. The summed E-state index contributed by atoms with van der Waals surface area (Å²) in [5, 5.41) is 7.11. The Kier molecular flexibility index (Phi) is 7.00. The van der Waals surface area contributed by atoms with Gasteiger partial charge in [0, 0.05) is 36.9 Å². The Morgan fingerprint density at radius 2 is 0.902 bits per heavy atom. The highest BCUT2D eigenvalue weighted by Gasteiger charge is 2.20. The van der Waals surface area contributed by atoms with Gasteiger partial charge in [0.1, 0.15) is 0 Å². The first kappa shape index (κ1) is 29.4. The lowest BCUT2D eigenvalue weighted by Crippen LogP contribution is -2.01. The molecule has 0 aliphatic heterocycles. The van der Waals surface area contributed by atoms with Crippen molar-refractivity contribution in [2.24, 2.45) is 0 Å². The van der Waals surface area contributed by atoms with Crippen LogP contribution in [-0.4, -0.2) is 15.0 Å². The van der Waals surface area contributed by atoms with E-state index in [0.29, 0.717) is 17.5 Å². The van der Waals surface area contributed by atoms with E-state index in [0.717, 1.165) is 27.6 Å².